The Bertz CT molecular complexity index is 143. The molecule has 0 saturated carbocycles. The highest BCUT2D eigenvalue weighted by Gasteiger charge is 2.27. The van der Waals surface area contributed by atoms with Gasteiger partial charge in [-0.15, -0.1) is 0 Å². The topological polar surface area (TPSA) is 20.2 Å². The van der Waals surface area contributed by atoms with E-state index in [1.165, 1.54) is 0 Å². The third kappa shape index (κ3) is 7.59. The molecule has 0 amide bonds. The molecule has 0 rings (SSSR count). The summed E-state index contributed by atoms with van der Waals surface area (Å²) in [6.07, 6.45) is -4.14. The van der Waals surface area contributed by atoms with Crippen LogP contribution >= 0.6 is 0 Å². The van der Waals surface area contributed by atoms with E-state index in [2.05, 4.69) is 0 Å². The second kappa shape index (κ2) is 8.95. The summed E-state index contributed by atoms with van der Waals surface area (Å²) in [6, 6.07) is 0. The van der Waals surface area contributed by atoms with E-state index in [0.717, 1.165) is 12.8 Å². The molecule has 1 N–H and O–H groups in total. The minimum absolute atomic E-state index is 0.0994. The van der Waals surface area contributed by atoms with E-state index in [1.807, 2.05) is 0 Å². The highest BCUT2D eigenvalue weighted by atomic mass is 19.2. The number of hydrogen-bond donors (Lipinski definition) is 1. The number of unbranched alkanes of at least 4 members (excludes halogenated alkanes) is 4. The van der Waals surface area contributed by atoms with Gasteiger partial charge in [0.05, 0.1) is 6.67 Å². The molecular formula is C10H18F4O. The first-order valence-corrected chi connectivity index (χ1v) is 5.26. The quantitative estimate of drug-likeness (QED) is 0.476. The fraction of sp³-hybridized carbons (Fsp3) is 1.00. The Morgan fingerprint density at radius 2 is 1.40 bits per heavy atom. The molecule has 0 aromatic heterocycles. The minimum atomic E-state index is -2.74. The second-order valence-corrected chi connectivity index (χ2v) is 3.58. The third-order valence-electron chi connectivity index (χ3n) is 2.22. The lowest BCUT2D eigenvalue weighted by atomic mass is 10.1. The van der Waals surface area contributed by atoms with Gasteiger partial charge in [0.15, 0.2) is 6.17 Å². The molecule has 15 heavy (non-hydrogen) atoms. The molecule has 0 fully saturated rings. The van der Waals surface area contributed by atoms with Gasteiger partial charge in [-0.3, -0.25) is 4.39 Å². The smallest absolute Gasteiger partial charge is 0.230 e. The van der Waals surface area contributed by atoms with E-state index in [4.69, 9.17) is 5.11 Å². The van der Waals surface area contributed by atoms with E-state index < -0.39 is 18.7 Å². The van der Waals surface area contributed by atoms with Crippen LogP contribution in [-0.4, -0.2) is 30.5 Å². The first-order chi connectivity index (χ1) is 7.09. The van der Waals surface area contributed by atoms with Gasteiger partial charge in [0.25, 0.3) is 0 Å². The average molecular weight is 230 g/mol. The highest BCUT2D eigenvalue weighted by Crippen LogP contribution is 2.17. The van der Waals surface area contributed by atoms with Gasteiger partial charge < -0.3 is 5.11 Å². The second-order valence-electron chi connectivity index (χ2n) is 3.58. The monoisotopic (exact) mass is 230 g/mol. The Hall–Kier alpha value is -0.320. The fourth-order valence-electron chi connectivity index (χ4n) is 1.30. The maximum atomic E-state index is 12.8. The first kappa shape index (κ1) is 14.7. The normalized spacial score (nSPS) is 17.4. The predicted octanol–water partition coefficient (Wildman–Crippen LogP) is 3.26. The van der Waals surface area contributed by atoms with Gasteiger partial charge in [0.2, 0.25) is 6.36 Å². The van der Waals surface area contributed by atoms with E-state index in [1.54, 1.807) is 0 Å². The molecule has 0 aromatic rings. The highest BCUT2D eigenvalue weighted by molar-refractivity contribution is 4.69. The van der Waals surface area contributed by atoms with Crippen LogP contribution in [0.4, 0.5) is 17.6 Å². The molecule has 92 valence electrons. The summed E-state index contributed by atoms with van der Waals surface area (Å²) in [7, 11) is 0. The van der Waals surface area contributed by atoms with E-state index in [0.29, 0.717) is 19.3 Å². The zero-order chi connectivity index (χ0) is 11.7. The van der Waals surface area contributed by atoms with Gasteiger partial charge >= 0.3 is 0 Å². The van der Waals surface area contributed by atoms with Crippen LogP contribution in [0.15, 0.2) is 0 Å². The number of hydrogen-bond acceptors (Lipinski definition) is 1. The van der Waals surface area contributed by atoms with Gasteiger partial charge in [-0.05, 0) is 12.8 Å². The number of aliphatic hydroxyl groups is 1. The molecule has 1 nitrogen and oxygen atoms in total. The van der Waals surface area contributed by atoms with Gasteiger partial charge in [-0.2, -0.15) is 0 Å². The Morgan fingerprint density at radius 1 is 0.867 bits per heavy atom. The van der Waals surface area contributed by atoms with Crippen molar-refractivity contribution in [3.8, 4) is 0 Å². The van der Waals surface area contributed by atoms with Crippen LogP contribution in [0.2, 0.25) is 0 Å². The molecule has 0 heterocycles. The molecule has 5 heteroatoms. The van der Waals surface area contributed by atoms with E-state index in [-0.39, 0.29) is 13.1 Å². The van der Waals surface area contributed by atoms with E-state index in [9.17, 15) is 17.6 Å². The molecular weight excluding hydrogens is 212 g/mol. The molecule has 0 spiro atoms. The largest absolute Gasteiger partial charge is 0.362 e. The van der Waals surface area contributed by atoms with Crippen molar-refractivity contribution in [1.82, 2.24) is 0 Å². The minimum Gasteiger partial charge on any atom is -0.362 e. The van der Waals surface area contributed by atoms with Crippen molar-refractivity contribution in [2.24, 2.45) is 0 Å². The van der Waals surface area contributed by atoms with Gasteiger partial charge in [-0.25, -0.2) is 13.2 Å². The molecule has 0 radical (unpaired) electrons. The summed E-state index contributed by atoms with van der Waals surface area (Å²) in [5.41, 5.74) is 0. The number of rotatable bonds is 9. The van der Waals surface area contributed by atoms with E-state index >= 15 is 0 Å². The van der Waals surface area contributed by atoms with Crippen molar-refractivity contribution in [1.29, 1.82) is 0 Å². The van der Waals surface area contributed by atoms with Crippen molar-refractivity contribution in [3.63, 3.8) is 0 Å². The Labute approximate surface area is 87.5 Å². The van der Waals surface area contributed by atoms with Crippen molar-refractivity contribution in [2.75, 3.05) is 6.67 Å². The molecule has 0 saturated heterocycles. The first-order valence-electron chi connectivity index (χ1n) is 5.26. The third-order valence-corrected chi connectivity index (χ3v) is 2.22. The van der Waals surface area contributed by atoms with Gasteiger partial charge in [0, 0.05) is 0 Å². The maximum absolute atomic E-state index is 12.8. The van der Waals surface area contributed by atoms with Crippen LogP contribution in [0.3, 0.4) is 0 Å². The summed E-state index contributed by atoms with van der Waals surface area (Å²) >= 11 is 0. The van der Waals surface area contributed by atoms with Crippen LogP contribution < -0.4 is 0 Å². The summed E-state index contributed by atoms with van der Waals surface area (Å²) in [4.78, 5) is 0. The predicted molar refractivity (Wildman–Crippen MR) is 50.6 cm³/mol. The molecule has 0 aliphatic carbocycles. The van der Waals surface area contributed by atoms with Crippen LogP contribution in [-0.2, 0) is 0 Å². The lowest BCUT2D eigenvalue weighted by Gasteiger charge is -2.13. The SMILES string of the molecule is OC(F)C(F)C(F)CCCCCCCF. The lowest BCUT2D eigenvalue weighted by Crippen LogP contribution is -2.27. The van der Waals surface area contributed by atoms with Crippen LogP contribution in [0.25, 0.3) is 0 Å². The average Bonchev–Trinajstić information content (AvgIpc) is 2.21. The van der Waals surface area contributed by atoms with Crippen LogP contribution in [0, 0.1) is 0 Å². The van der Waals surface area contributed by atoms with Crippen molar-refractivity contribution in [3.05, 3.63) is 0 Å². The Morgan fingerprint density at radius 3 is 1.93 bits per heavy atom. The number of alkyl halides is 4. The summed E-state index contributed by atoms with van der Waals surface area (Å²) < 4.78 is 48.9. The van der Waals surface area contributed by atoms with Crippen molar-refractivity contribution in [2.45, 2.75) is 57.2 Å². The van der Waals surface area contributed by atoms with Crippen LogP contribution in [0.1, 0.15) is 38.5 Å². The summed E-state index contributed by atoms with van der Waals surface area (Å²) in [5.74, 6) is 0. The van der Waals surface area contributed by atoms with Crippen molar-refractivity contribution < 1.29 is 22.7 Å². The lowest BCUT2D eigenvalue weighted by molar-refractivity contribution is -0.0586. The van der Waals surface area contributed by atoms with Crippen molar-refractivity contribution >= 4 is 0 Å². The number of halogens is 4. The summed E-state index contributed by atoms with van der Waals surface area (Å²) in [5, 5.41) is 8.14. The Balaban J connectivity index is 3.34. The molecule has 3 atom stereocenters. The van der Waals surface area contributed by atoms with Gasteiger partial charge in [-0.1, -0.05) is 25.7 Å². The molecule has 0 bridgehead atoms. The zero-order valence-corrected chi connectivity index (χ0v) is 8.64. The molecule has 3 unspecified atom stereocenters. The molecule has 0 aliphatic rings. The zero-order valence-electron chi connectivity index (χ0n) is 8.64. The summed E-state index contributed by atoms with van der Waals surface area (Å²) in [6.45, 7) is -0.355. The Kier molecular flexibility index (Phi) is 8.76. The number of aliphatic hydroxyl groups excluding tert-OH is 1. The van der Waals surface area contributed by atoms with Crippen LogP contribution in [0.5, 0.6) is 0 Å². The fourth-order valence-corrected chi connectivity index (χ4v) is 1.30. The standard InChI is InChI=1S/C10H18F4O/c11-7-5-3-1-2-4-6-8(12)9(13)10(14)15/h8-10,15H,1-7H2. The van der Waals surface area contributed by atoms with Gasteiger partial charge in [0.1, 0.15) is 6.17 Å². The molecule has 0 aromatic carbocycles. The molecule has 0 aliphatic heterocycles. The maximum Gasteiger partial charge on any atom is 0.230 e.